The van der Waals surface area contributed by atoms with Gasteiger partial charge in [0.15, 0.2) is 0 Å². The summed E-state index contributed by atoms with van der Waals surface area (Å²) in [6.45, 7) is 10.5. The molecule has 0 spiro atoms. The van der Waals surface area contributed by atoms with Gasteiger partial charge >= 0.3 is 5.97 Å². The molecule has 2 rings (SSSR count). The lowest BCUT2D eigenvalue weighted by Gasteiger charge is -2.21. The van der Waals surface area contributed by atoms with Crippen LogP contribution in [-0.2, 0) is 22.6 Å². The topological polar surface area (TPSA) is 85.3 Å². The largest absolute Gasteiger partial charge is 0.496 e. The highest BCUT2D eigenvalue weighted by Crippen LogP contribution is 2.45. The van der Waals surface area contributed by atoms with Crippen LogP contribution in [0.1, 0.15) is 33.2 Å². The summed E-state index contributed by atoms with van der Waals surface area (Å²) in [4.78, 5) is 26.1. The zero-order valence-electron chi connectivity index (χ0n) is 19.9. The van der Waals surface area contributed by atoms with Crippen LogP contribution in [0, 0.1) is 11.8 Å². The number of carbonyl (C=O) groups excluding carboxylic acids is 2. The van der Waals surface area contributed by atoms with Crippen molar-refractivity contribution in [3.05, 3.63) is 45.1 Å². The molecular weight excluding hydrogens is 506 g/mol. The number of methoxy groups -OCH3 is 2. The predicted octanol–water partition coefficient (Wildman–Crippen LogP) is 3.75. The number of rotatable bonds is 8. The summed E-state index contributed by atoms with van der Waals surface area (Å²) in [7, 11) is 3.06. The first-order valence-corrected chi connectivity index (χ1v) is 14.7. The van der Waals surface area contributed by atoms with Gasteiger partial charge in [0.2, 0.25) is 5.91 Å². The van der Waals surface area contributed by atoms with Gasteiger partial charge in [-0.15, -0.1) is 0 Å². The van der Waals surface area contributed by atoms with Gasteiger partial charge in [-0.1, -0.05) is 59.7 Å². The van der Waals surface area contributed by atoms with Crippen molar-refractivity contribution in [2.75, 3.05) is 27.8 Å². The van der Waals surface area contributed by atoms with Crippen LogP contribution in [0.25, 0.3) is 0 Å². The van der Waals surface area contributed by atoms with E-state index in [4.69, 9.17) is 14.2 Å². The van der Waals surface area contributed by atoms with E-state index < -0.39 is 20.1 Å². The van der Waals surface area contributed by atoms with Gasteiger partial charge in [-0.05, 0) is 10.6 Å². The molecule has 0 saturated heterocycles. The number of likely N-dealkylation sites (N-methyl/N-ethyl adjacent to an activating group) is 1. The van der Waals surface area contributed by atoms with Crippen molar-refractivity contribution in [3.8, 4) is 23.3 Å². The molecule has 0 saturated carbocycles. The number of halogens is 1. The molecule has 1 heterocycles. The summed E-state index contributed by atoms with van der Waals surface area (Å²) >= 11 is 3.36. The number of carbonyl (C=O) groups is 2. The first-order chi connectivity index (χ1) is 15.4. The fraction of sp³-hybridized carbons (Fsp3) is 0.417. The molecule has 178 valence electrons. The van der Waals surface area contributed by atoms with Crippen LogP contribution in [0.3, 0.4) is 0 Å². The highest BCUT2D eigenvalue weighted by atomic mass is 79.9. The number of cyclic esters (lactones) is 1. The molecule has 1 aliphatic heterocycles. The van der Waals surface area contributed by atoms with Gasteiger partial charge in [0.1, 0.15) is 29.8 Å². The lowest BCUT2D eigenvalue weighted by Crippen LogP contribution is -2.26. The molecule has 1 aromatic carbocycles. The average molecular weight is 536 g/mol. The molecule has 1 aromatic rings. The monoisotopic (exact) mass is 535 g/mol. The Morgan fingerprint density at radius 3 is 2.52 bits per heavy atom. The smallest absolute Gasteiger partial charge is 0.342 e. The van der Waals surface area contributed by atoms with Crippen molar-refractivity contribution >= 4 is 35.9 Å². The molecule has 0 fully saturated rings. The van der Waals surface area contributed by atoms with Crippen molar-refractivity contribution in [3.63, 3.8) is 0 Å². The Balaban J connectivity index is 2.44. The third-order valence-electron chi connectivity index (χ3n) is 4.91. The van der Waals surface area contributed by atoms with Crippen LogP contribution in [0.2, 0.25) is 19.6 Å². The summed E-state index contributed by atoms with van der Waals surface area (Å²) in [6.07, 6.45) is 0.592. The van der Waals surface area contributed by atoms with Crippen molar-refractivity contribution < 1.29 is 28.9 Å². The number of hydrogen-bond acceptors (Lipinski definition) is 6. The number of nitrogens with zero attached hydrogens (tertiary/aromatic N) is 1. The van der Waals surface area contributed by atoms with Crippen molar-refractivity contribution in [2.24, 2.45) is 0 Å². The Bertz CT molecular complexity index is 1050. The number of allylic oxidation sites excluding steroid dienone is 1. The number of ether oxygens (including phenoxy) is 3. The number of hydrogen-bond donors (Lipinski definition) is 1. The summed E-state index contributed by atoms with van der Waals surface area (Å²) in [6, 6.07) is 0. The minimum atomic E-state index is -1.49. The van der Waals surface area contributed by atoms with Crippen LogP contribution in [0.15, 0.2) is 22.8 Å². The van der Waals surface area contributed by atoms with E-state index in [1.54, 1.807) is 13.1 Å². The van der Waals surface area contributed by atoms with Crippen molar-refractivity contribution in [1.29, 1.82) is 0 Å². The van der Waals surface area contributed by atoms with Gasteiger partial charge in [0.05, 0.1) is 34.4 Å². The Kier molecular flexibility index (Phi) is 8.94. The second kappa shape index (κ2) is 11.1. The number of aliphatic hydroxyl groups is 1. The lowest BCUT2D eigenvalue weighted by molar-refractivity contribution is -0.124. The fourth-order valence-electron chi connectivity index (χ4n) is 3.36. The van der Waals surface area contributed by atoms with Gasteiger partial charge in [0, 0.05) is 24.6 Å². The Morgan fingerprint density at radius 1 is 1.33 bits per heavy atom. The highest BCUT2D eigenvalue weighted by Gasteiger charge is 2.36. The quantitative estimate of drug-likeness (QED) is 0.236. The number of esters is 1. The zero-order chi connectivity index (χ0) is 24.9. The molecule has 9 heteroatoms. The molecule has 7 nitrogen and oxygen atoms in total. The molecule has 0 radical (unpaired) electrons. The molecule has 0 aliphatic carbocycles. The van der Waals surface area contributed by atoms with E-state index in [-0.39, 0.29) is 30.4 Å². The second-order valence-electron chi connectivity index (χ2n) is 8.70. The number of amides is 1. The first kappa shape index (κ1) is 26.7. The van der Waals surface area contributed by atoms with Crippen molar-refractivity contribution in [1.82, 2.24) is 4.90 Å². The maximum Gasteiger partial charge on any atom is 0.342 e. The van der Waals surface area contributed by atoms with Gasteiger partial charge in [-0.25, -0.2) is 4.79 Å². The average Bonchev–Trinajstić information content (AvgIpc) is 3.11. The Morgan fingerprint density at radius 2 is 1.97 bits per heavy atom. The number of fused-ring (bicyclic) bond motifs is 1. The minimum absolute atomic E-state index is 0.0510. The van der Waals surface area contributed by atoms with E-state index in [1.807, 2.05) is 5.70 Å². The van der Waals surface area contributed by atoms with Gasteiger partial charge in [-0.3, -0.25) is 4.79 Å². The maximum atomic E-state index is 12.4. The third-order valence-corrected chi connectivity index (χ3v) is 6.35. The zero-order valence-corrected chi connectivity index (χ0v) is 22.5. The highest BCUT2D eigenvalue weighted by molar-refractivity contribution is 9.11. The van der Waals surface area contributed by atoms with Crippen LogP contribution >= 0.6 is 15.9 Å². The second-order valence-corrected chi connectivity index (χ2v) is 14.9. The molecule has 1 N–H and O–H groups in total. The molecule has 0 aromatic heterocycles. The van der Waals surface area contributed by atoms with E-state index in [0.717, 1.165) is 0 Å². The molecule has 1 aliphatic rings. The Labute approximate surface area is 204 Å². The summed E-state index contributed by atoms with van der Waals surface area (Å²) in [5, 5.41) is 11.0. The van der Waals surface area contributed by atoms with E-state index in [9.17, 15) is 14.7 Å². The van der Waals surface area contributed by atoms with Crippen molar-refractivity contribution in [2.45, 2.75) is 38.8 Å². The SMILES string of the molecule is C=C(Br)Cc1c(OC)c2c(c(OC)c1C(O)C#CCN(C)C(=O)/C=C/[Si](C)(C)C)C(=O)OC2. The van der Waals surface area contributed by atoms with Crippen LogP contribution in [0.4, 0.5) is 0 Å². The van der Waals surface area contributed by atoms with E-state index in [0.29, 0.717) is 33.3 Å². The fourth-order valence-corrected chi connectivity index (χ4v) is 4.29. The van der Waals surface area contributed by atoms with E-state index in [2.05, 4.69) is 54.0 Å². The molecule has 1 unspecified atom stereocenters. The minimum Gasteiger partial charge on any atom is -0.496 e. The normalized spacial score (nSPS) is 13.6. The van der Waals surface area contributed by atoms with Crippen LogP contribution in [0.5, 0.6) is 11.5 Å². The molecule has 33 heavy (non-hydrogen) atoms. The number of benzene rings is 1. The molecule has 0 bridgehead atoms. The standard InChI is InChI=1S/C24H30BrNO6Si/c1-15(25)13-16-20(23(31-4)21-17(22(16)30-3)14-32-24(21)29)18(27)9-8-11-26(2)19(28)10-12-33(5,6)7/h10,12,18,27H,1,11,13-14H2,2-7H3/b12-10+. The van der Waals surface area contributed by atoms with Crippen LogP contribution < -0.4 is 9.47 Å². The van der Waals surface area contributed by atoms with Crippen LogP contribution in [-0.4, -0.2) is 57.8 Å². The molecule has 1 atom stereocenters. The predicted molar refractivity (Wildman–Crippen MR) is 133 cm³/mol. The molecular formula is C24H30BrNO6Si. The van der Waals surface area contributed by atoms with E-state index >= 15 is 0 Å². The van der Waals surface area contributed by atoms with Gasteiger partial charge in [-0.2, -0.15) is 0 Å². The summed E-state index contributed by atoms with van der Waals surface area (Å²) < 4.78 is 17.0. The molecule has 1 amide bonds. The summed E-state index contributed by atoms with van der Waals surface area (Å²) in [5.74, 6) is 5.53. The van der Waals surface area contributed by atoms with Gasteiger partial charge < -0.3 is 24.2 Å². The first-order valence-electron chi connectivity index (χ1n) is 10.3. The maximum absolute atomic E-state index is 12.4. The Hall–Kier alpha value is -2.54. The summed E-state index contributed by atoms with van der Waals surface area (Å²) in [5.41, 5.74) is 3.66. The van der Waals surface area contributed by atoms with E-state index in [1.165, 1.54) is 19.1 Å². The third kappa shape index (κ3) is 6.50. The lowest BCUT2D eigenvalue weighted by atomic mass is 9.91. The van der Waals surface area contributed by atoms with Gasteiger partial charge in [0.25, 0.3) is 0 Å². The number of aliphatic hydroxyl groups excluding tert-OH is 1.